The van der Waals surface area contributed by atoms with Crippen LogP contribution in [0.15, 0.2) is 36.5 Å². The molecule has 0 amide bonds. The fourth-order valence-corrected chi connectivity index (χ4v) is 1.67. The lowest BCUT2D eigenvalue weighted by molar-refractivity contribution is 0.407. The van der Waals surface area contributed by atoms with Gasteiger partial charge < -0.3 is 10.5 Å². The fourth-order valence-electron chi connectivity index (χ4n) is 1.67. The van der Waals surface area contributed by atoms with Crippen molar-refractivity contribution in [3.05, 3.63) is 47.8 Å². The number of methoxy groups -OCH3 is 1. The van der Waals surface area contributed by atoms with E-state index in [1.165, 1.54) is 0 Å². The Kier molecular flexibility index (Phi) is 3.22. The van der Waals surface area contributed by atoms with Crippen LogP contribution in [0, 0.1) is 0 Å². The minimum Gasteiger partial charge on any atom is -0.496 e. The van der Waals surface area contributed by atoms with Gasteiger partial charge in [-0.1, -0.05) is 18.2 Å². The molecule has 0 atom stereocenters. The number of benzene rings is 1. The summed E-state index contributed by atoms with van der Waals surface area (Å²) < 4.78 is 7.18. The number of nitrogens with two attached hydrogens (primary N) is 1. The minimum atomic E-state index is 0.495. The Morgan fingerprint density at radius 2 is 2.12 bits per heavy atom. The highest BCUT2D eigenvalue weighted by Gasteiger charge is 2.05. The summed E-state index contributed by atoms with van der Waals surface area (Å²) >= 11 is 0. The zero-order valence-electron chi connectivity index (χ0n) is 9.26. The summed E-state index contributed by atoms with van der Waals surface area (Å²) in [5, 5.41) is 4.24. The number of hydrogen-bond acceptors (Lipinski definition) is 3. The molecular formula is C12H15N3O. The second-order valence-electron chi connectivity index (χ2n) is 3.50. The van der Waals surface area contributed by atoms with Gasteiger partial charge in [-0.25, -0.2) is 0 Å². The zero-order valence-corrected chi connectivity index (χ0v) is 9.26. The van der Waals surface area contributed by atoms with E-state index < -0.39 is 0 Å². The molecule has 84 valence electrons. The summed E-state index contributed by atoms with van der Waals surface area (Å²) in [4.78, 5) is 0. The molecule has 0 spiro atoms. The molecule has 4 heteroatoms. The summed E-state index contributed by atoms with van der Waals surface area (Å²) in [6, 6.07) is 9.84. The van der Waals surface area contributed by atoms with Crippen molar-refractivity contribution in [2.45, 2.75) is 13.1 Å². The summed E-state index contributed by atoms with van der Waals surface area (Å²) in [5.41, 5.74) is 7.75. The molecule has 0 saturated heterocycles. The second-order valence-corrected chi connectivity index (χ2v) is 3.50. The summed E-state index contributed by atoms with van der Waals surface area (Å²) in [6.07, 6.45) is 1.76. The first-order valence-electron chi connectivity index (χ1n) is 5.18. The van der Waals surface area contributed by atoms with E-state index in [-0.39, 0.29) is 0 Å². The second kappa shape index (κ2) is 4.81. The van der Waals surface area contributed by atoms with E-state index in [0.717, 1.165) is 17.0 Å². The van der Waals surface area contributed by atoms with Crippen molar-refractivity contribution in [3.63, 3.8) is 0 Å². The lowest BCUT2D eigenvalue weighted by Crippen LogP contribution is -2.10. The van der Waals surface area contributed by atoms with E-state index in [2.05, 4.69) is 5.10 Å². The van der Waals surface area contributed by atoms with Gasteiger partial charge >= 0.3 is 0 Å². The van der Waals surface area contributed by atoms with Gasteiger partial charge in [0.2, 0.25) is 0 Å². The minimum absolute atomic E-state index is 0.495. The average Bonchev–Trinajstić information content (AvgIpc) is 2.77. The number of nitrogens with zero attached hydrogens (tertiary/aromatic N) is 2. The maximum absolute atomic E-state index is 5.63. The molecule has 0 unspecified atom stereocenters. The highest BCUT2D eigenvalue weighted by atomic mass is 16.5. The van der Waals surface area contributed by atoms with Crippen LogP contribution in [0.2, 0.25) is 0 Å². The summed E-state index contributed by atoms with van der Waals surface area (Å²) in [7, 11) is 1.67. The van der Waals surface area contributed by atoms with Crippen molar-refractivity contribution < 1.29 is 4.74 Å². The van der Waals surface area contributed by atoms with Crippen molar-refractivity contribution in [2.24, 2.45) is 5.73 Å². The number of ether oxygens (including phenoxy) is 1. The first-order chi connectivity index (χ1) is 7.85. The van der Waals surface area contributed by atoms with Crippen LogP contribution in [0.4, 0.5) is 0 Å². The van der Waals surface area contributed by atoms with Gasteiger partial charge in [0.15, 0.2) is 0 Å². The Morgan fingerprint density at radius 1 is 1.31 bits per heavy atom. The number of rotatable bonds is 4. The highest BCUT2D eigenvalue weighted by molar-refractivity contribution is 5.33. The van der Waals surface area contributed by atoms with Crippen LogP contribution in [0.1, 0.15) is 11.3 Å². The molecule has 1 aromatic carbocycles. The molecule has 0 saturated carbocycles. The standard InChI is InChI=1S/C12H15N3O/c1-16-12-5-3-2-4-10(12)9-15-11(8-13)6-7-14-15/h2-7H,8-9,13H2,1H3. The van der Waals surface area contributed by atoms with E-state index in [0.29, 0.717) is 13.1 Å². The molecule has 2 rings (SSSR count). The van der Waals surface area contributed by atoms with Crippen molar-refractivity contribution in [1.29, 1.82) is 0 Å². The predicted octanol–water partition coefficient (Wildman–Crippen LogP) is 1.40. The topological polar surface area (TPSA) is 53.1 Å². The predicted molar refractivity (Wildman–Crippen MR) is 62.2 cm³/mol. The van der Waals surface area contributed by atoms with Crippen LogP contribution < -0.4 is 10.5 Å². The van der Waals surface area contributed by atoms with Gasteiger partial charge in [0, 0.05) is 18.3 Å². The van der Waals surface area contributed by atoms with Crippen LogP contribution in [-0.4, -0.2) is 16.9 Å². The van der Waals surface area contributed by atoms with Crippen LogP contribution in [0.5, 0.6) is 5.75 Å². The quantitative estimate of drug-likeness (QED) is 0.842. The Morgan fingerprint density at radius 3 is 2.88 bits per heavy atom. The smallest absolute Gasteiger partial charge is 0.123 e. The number of aromatic nitrogens is 2. The van der Waals surface area contributed by atoms with Crippen LogP contribution in [-0.2, 0) is 13.1 Å². The van der Waals surface area contributed by atoms with Crippen LogP contribution in [0.3, 0.4) is 0 Å². The third-order valence-corrected chi connectivity index (χ3v) is 2.53. The molecule has 0 fully saturated rings. The van der Waals surface area contributed by atoms with Gasteiger partial charge in [0.1, 0.15) is 5.75 Å². The molecule has 0 aliphatic rings. The number of para-hydroxylation sites is 1. The van der Waals surface area contributed by atoms with Gasteiger partial charge in [-0.15, -0.1) is 0 Å². The molecule has 0 radical (unpaired) electrons. The van der Waals surface area contributed by atoms with E-state index in [4.69, 9.17) is 10.5 Å². The summed E-state index contributed by atoms with van der Waals surface area (Å²) in [6.45, 7) is 1.18. The molecule has 1 heterocycles. The van der Waals surface area contributed by atoms with E-state index in [1.807, 2.05) is 35.0 Å². The first-order valence-corrected chi connectivity index (χ1v) is 5.18. The van der Waals surface area contributed by atoms with Crippen molar-refractivity contribution >= 4 is 0 Å². The molecule has 2 N–H and O–H groups in total. The van der Waals surface area contributed by atoms with Gasteiger partial charge in [-0.3, -0.25) is 4.68 Å². The van der Waals surface area contributed by atoms with Crippen molar-refractivity contribution in [2.75, 3.05) is 7.11 Å². The fraction of sp³-hybridized carbons (Fsp3) is 0.250. The van der Waals surface area contributed by atoms with Gasteiger partial charge in [-0.05, 0) is 12.1 Å². The zero-order chi connectivity index (χ0) is 11.4. The third kappa shape index (κ3) is 2.06. The monoisotopic (exact) mass is 217 g/mol. The van der Waals surface area contributed by atoms with Gasteiger partial charge in [-0.2, -0.15) is 5.10 Å². The van der Waals surface area contributed by atoms with E-state index >= 15 is 0 Å². The third-order valence-electron chi connectivity index (χ3n) is 2.53. The van der Waals surface area contributed by atoms with Gasteiger partial charge in [0.25, 0.3) is 0 Å². The summed E-state index contributed by atoms with van der Waals surface area (Å²) in [5.74, 6) is 0.876. The van der Waals surface area contributed by atoms with Crippen molar-refractivity contribution in [3.8, 4) is 5.75 Å². The Labute approximate surface area is 94.6 Å². The maximum atomic E-state index is 5.63. The molecule has 16 heavy (non-hydrogen) atoms. The van der Waals surface area contributed by atoms with Crippen LogP contribution >= 0.6 is 0 Å². The Balaban J connectivity index is 2.26. The Bertz CT molecular complexity index is 465. The maximum Gasteiger partial charge on any atom is 0.123 e. The van der Waals surface area contributed by atoms with Gasteiger partial charge in [0.05, 0.1) is 19.3 Å². The molecule has 4 nitrogen and oxygen atoms in total. The molecule has 1 aromatic heterocycles. The molecule has 0 aliphatic heterocycles. The molecule has 0 aliphatic carbocycles. The average molecular weight is 217 g/mol. The number of hydrogen-bond donors (Lipinski definition) is 1. The van der Waals surface area contributed by atoms with E-state index in [1.54, 1.807) is 13.3 Å². The van der Waals surface area contributed by atoms with Crippen molar-refractivity contribution in [1.82, 2.24) is 9.78 Å². The first kappa shape index (κ1) is 10.7. The molecular weight excluding hydrogens is 202 g/mol. The normalized spacial score (nSPS) is 10.4. The molecule has 0 bridgehead atoms. The highest BCUT2D eigenvalue weighted by Crippen LogP contribution is 2.18. The molecule has 2 aromatic rings. The van der Waals surface area contributed by atoms with E-state index in [9.17, 15) is 0 Å². The lowest BCUT2D eigenvalue weighted by Gasteiger charge is -2.10. The van der Waals surface area contributed by atoms with Crippen LogP contribution in [0.25, 0.3) is 0 Å². The lowest BCUT2D eigenvalue weighted by atomic mass is 10.2. The Hall–Kier alpha value is -1.81. The SMILES string of the molecule is COc1ccccc1Cn1nccc1CN. The largest absolute Gasteiger partial charge is 0.496 e.